The first-order valence-electron chi connectivity index (χ1n) is 5.42. The summed E-state index contributed by atoms with van der Waals surface area (Å²) >= 11 is 5.86. The summed E-state index contributed by atoms with van der Waals surface area (Å²) in [5.74, 6) is -0.628. The Balaban J connectivity index is 3.10. The first kappa shape index (κ1) is 15.9. The predicted octanol–water partition coefficient (Wildman–Crippen LogP) is 0.752. The second-order valence-corrected chi connectivity index (χ2v) is 6.01. The smallest absolute Gasteiger partial charge is 0.339 e. The summed E-state index contributed by atoms with van der Waals surface area (Å²) < 4.78 is 30.8. The third-order valence-corrected chi connectivity index (χ3v) is 4.27. The number of nitrogens with two attached hydrogens (primary N) is 1. The second-order valence-electron chi connectivity index (χ2n) is 3.89. The van der Waals surface area contributed by atoms with Crippen molar-refractivity contribution in [2.24, 2.45) is 5.73 Å². The van der Waals surface area contributed by atoms with Crippen molar-refractivity contribution < 1.29 is 17.9 Å². The average Bonchev–Trinajstić information content (AvgIpc) is 2.37. The number of benzene rings is 1. The third-order valence-electron chi connectivity index (χ3n) is 2.37. The fourth-order valence-electron chi connectivity index (χ4n) is 1.32. The highest BCUT2D eigenvalue weighted by molar-refractivity contribution is 7.89. The molecule has 8 heteroatoms. The van der Waals surface area contributed by atoms with E-state index in [1.54, 1.807) is 6.92 Å². The van der Waals surface area contributed by atoms with Crippen LogP contribution in [0.1, 0.15) is 17.3 Å². The van der Waals surface area contributed by atoms with E-state index in [0.717, 1.165) is 0 Å². The summed E-state index contributed by atoms with van der Waals surface area (Å²) in [6, 6.07) is 3.38. The number of nitrogens with one attached hydrogen (secondary N) is 1. The number of esters is 1. The molecule has 0 saturated heterocycles. The van der Waals surface area contributed by atoms with Gasteiger partial charge in [-0.05, 0) is 25.1 Å². The number of sulfonamides is 1. The maximum Gasteiger partial charge on any atom is 0.339 e. The molecular weight excluding hydrogens is 292 g/mol. The lowest BCUT2D eigenvalue weighted by molar-refractivity contribution is 0.0601. The Labute approximate surface area is 116 Å². The molecular formula is C11H15ClN2O4S. The van der Waals surface area contributed by atoms with Crippen molar-refractivity contribution in [1.82, 2.24) is 4.72 Å². The van der Waals surface area contributed by atoms with Gasteiger partial charge in [-0.15, -0.1) is 0 Å². The summed E-state index contributed by atoms with van der Waals surface area (Å²) in [7, 11) is -2.49. The molecule has 0 aromatic heterocycles. The first-order valence-corrected chi connectivity index (χ1v) is 7.28. The van der Waals surface area contributed by atoms with E-state index in [-0.39, 0.29) is 22.0 Å². The maximum absolute atomic E-state index is 12.0. The predicted molar refractivity (Wildman–Crippen MR) is 71.6 cm³/mol. The summed E-state index contributed by atoms with van der Waals surface area (Å²) in [4.78, 5) is 11.3. The standard InChI is InChI=1S/C11H15ClN2O4S/c1-7(6-13)14-19(16,17)8-3-4-9(10(12)5-8)11(15)18-2/h3-5,7,14H,6,13H2,1-2H3/t7-/m0/s1. The number of ether oxygens (including phenoxy) is 1. The van der Waals surface area contributed by atoms with Crippen LogP contribution in [0.25, 0.3) is 0 Å². The van der Waals surface area contributed by atoms with Crippen LogP contribution in [0, 0.1) is 0 Å². The molecule has 0 aliphatic carbocycles. The van der Waals surface area contributed by atoms with E-state index >= 15 is 0 Å². The molecule has 0 saturated carbocycles. The Kier molecular flexibility index (Phi) is 5.30. The summed E-state index contributed by atoms with van der Waals surface area (Å²) in [5, 5.41) is 0.00938. The Morgan fingerprint density at radius 3 is 2.63 bits per heavy atom. The van der Waals surface area contributed by atoms with Crippen molar-refractivity contribution >= 4 is 27.6 Å². The van der Waals surface area contributed by atoms with Crippen molar-refractivity contribution in [3.63, 3.8) is 0 Å². The first-order chi connectivity index (χ1) is 8.81. The number of halogens is 1. The largest absolute Gasteiger partial charge is 0.465 e. The van der Waals surface area contributed by atoms with Gasteiger partial charge in [0.15, 0.2) is 0 Å². The monoisotopic (exact) mass is 306 g/mol. The lowest BCUT2D eigenvalue weighted by atomic mass is 10.2. The molecule has 0 fully saturated rings. The van der Waals surface area contributed by atoms with E-state index in [1.165, 1.54) is 25.3 Å². The molecule has 0 bridgehead atoms. The molecule has 0 aliphatic rings. The fourth-order valence-corrected chi connectivity index (χ4v) is 2.92. The second kappa shape index (κ2) is 6.33. The summed E-state index contributed by atoms with van der Waals surface area (Å²) in [6.45, 7) is 1.81. The van der Waals surface area contributed by atoms with Gasteiger partial charge in [-0.3, -0.25) is 0 Å². The lowest BCUT2D eigenvalue weighted by Crippen LogP contribution is -2.37. The molecule has 0 spiro atoms. The van der Waals surface area contributed by atoms with Gasteiger partial charge < -0.3 is 10.5 Å². The molecule has 1 aromatic rings. The van der Waals surface area contributed by atoms with Gasteiger partial charge in [0.1, 0.15) is 0 Å². The SMILES string of the molecule is COC(=O)c1ccc(S(=O)(=O)N[C@@H](C)CN)cc1Cl. The van der Waals surface area contributed by atoms with Crippen LogP contribution in [0.2, 0.25) is 5.02 Å². The number of methoxy groups -OCH3 is 1. The van der Waals surface area contributed by atoms with Crippen molar-refractivity contribution in [1.29, 1.82) is 0 Å². The molecule has 106 valence electrons. The van der Waals surface area contributed by atoms with Crippen molar-refractivity contribution in [2.45, 2.75) is 17.9 Å². The molecule has 0 radical (unpaired) electrons. The average molecular weight is 307 g/mol. The van der Waals surface area contributed by atoms with Gasteiger partial charge in [0.2, 0.25) is 10.0 Å². The van der Waals surface area contributed by atoms with Gasteiger partial charge in [-0.1, -0.05) is 11.6 Å². The van der Waals surface area contributed by atoms with E-state index in [9.17, 15) is 13.2 Å². The highest BCUT2D eigenvalue weighted by Crippen LogP contribution is 2.21. The molecule has 0 unspecified atom stereocenters. The maximum atomic E-state index is 12.0. The lowest BCUT2D eigenvalue weighted by Gasteiger charge is -2.12. The van der Waals surface area contributed by atoms with E-state index in [1.807, 2.05) is 0 Å². The van der Waals surface area contributed by atoms with Gasteiger partial charge >= 0.3 is 5.97 Å². The van der Waals surface area contributed by atoms with Gasteiger partial charge in [0.05, 0.1) is 22.6 Å². The summed E-state index contributed by atoms with van der Waals surface area (Å²) in [6.07, 6.45) is 0. The minimum Gasteiger partial charge on any atom is -0.465 e. The zero-order valence-electron chi connectivity index (χ0n) is 10.5. The minimum absolute atomic E-state index is 0.00938. The topological polar surface area (TPSA) is 98.5 Å². The molecule has 3 N–H and O–H groups in total. The number of hydrogen-bond donors (Lipinski definition) is 2. The zero-order chi connectivity index (χ0) is 14.6. The number of carbonyl (C=O) groups is 1. The van der Waals surface area contributed by atoms with Gasteiger partial charge in [-0.25, -0.2) is 17.9 Å². The van der Waals surface area contributed by atoms with Crippen LogP contribution in [0.4, 0.5) is 0 Å². The van der Waals surface area contributed by atoms with Crippen LogP contribution >= 0.6 is 11.6 Å². The Hall–Kier alpha value is -1.15. The zero-order valence-corrected chi connectivity index (χ0v) is 12.1. The van der Waals surface area contributed by atoms with Crippen molar-refractivity contribution in [3.8, 4) is 0 Å². The highest BCUT2D eigenvalue weighted by Gasteiger charge is 2.19. The quantitative estimate of drug-likeness (QED) is 0.782. The molecule has 0 amide bonds. The Bertz CT molecular complexity index is 574. The molecule has 1 aromatic carbocycles. The molecule has 6 nitrogen and oxygen atoms in total. The number of rotatable bonds is 5. The van der Waals surface area contributed by atoms with Crippen LogP contribution < -0.4 is 10.5 Å². The van der Waals surface area contributed by atoms with Gasteiger partial charge in [0, 0.05) is 12.6 Å². The third kappa shape index (κ3) is 3.90. The van der Waals surface area contributed by atoms with Gasteiger partial charge in [-0.2, -0.15) is 0 Å². The van der Waals surface area contributed by atoms with E-state index in [0.29, 0.717) is 0 Å². The number of hydrogen-bond acceptors (Lipinski definition) is 5. The van der Waals surface area contributed by atoms with Crippen LogP contribution in [-0.2, 0) is 14.8 Å². The highest BCUT2D eigenvalue weighted by atomic mass is 35.5. The Morgan fingerprint density at radius 1 is 1.53 bits per heavy atom. The molecule has 0 heterocycles. The van der Waals surface area contributed by atoms with E-state index in [2.05, 4.69) is 9.46 Å². The van der Waals surface area contributed by atoms with Crippen LogP contribution in [0.5, 0.6) is 0 Å². The van der Waals surface area contributed by atoms with E-state index < -0.39 is 22.0 Å². The van der Waals surface area contributed by atoms with E-state index in [4.69, 9.17) is 17.3 Å². The molecule has 0 aliphatic heterocycles. The number of carbonyl (C=O) groups excluding carboxylic acids is 1. The van der Waals surface area contributed by atoms with Crippen LogP contribution in [0.3, 0.4) is 0 Å². The minimum atomic E-state index is -3.71. The molecule has 1 atom stereocenters. The van der Waals surface area contributed by atoms with Gasteiger partial charge in [0.25, 0.3) is 0 Å². The fraction of sp³-hybridized carbons (Fsp3) is 0.364. The normalized spacial score (nSPS) is 13.1. The van der Waals surface area contributed by atoms with Crippen molar-refractivity contribution in [3.05, 3.63) is 28.8 Å². The molecule has 19 heavy (non-hydrogen) atoms. The van der Waals surface area contributed by atoms with Crippen molar-refractivity contribution in [2.75, 3.05) is 13.7 Å². The van der Waals surface area contributed by atoms with Crippen LogP contribution in [-0.4, -0.2) is 34.1 Å². The van der Waals surface area contributed by atoms with Crippen LogP contribution in [0.15, 0.2) is 23.1 Å². The molecule has 1 rings (SSSR count). The summed E-state index contributed by atoms with van der Waals surface area (Å²) in [5.41, 5.74) is 5.46. The Morgan fingerprint density at radius 2 is 2.16 bits per heavy atom.